The van der Waals surface area contributed by atoms with Crippen LogP contribution in [0.5, 0.6) is 0 Å². The van der Waals surface area contributed by atoms with Crippen LogP contribution in [-0.2, 0) is 11.0 Å². The van der Waals surface area contributed by atoms with Gasteiger partial charge >= 0.3 is 6.18 Å². The zero-order valence-electron chi connectivity index (χ0n) is 13.0. The Balaban J connectivity index is 2.04. The SMILES string of the molecule is CC(N)C1CCCN(C(=O)/C=C/c2cccc(C(F)(F)F)c2)C1. The van der Waals surface area contributed by atoms with Crippen molar-refractivity contribution in [1.82, 2.24) is 4.90 Å². The topological polar surface area (TPSA) is 46.3 Å². The van der Waals surface area contributed by atoms with E-state index >= 15 is 0 Å². The summed E-state index contributed by atoms with van der Waals surface area (Å²) in [6.45, 7) is 3.19. The lowest BCUT2D eigenvalue weighted by Gasteiger charge is -2.34. The Bertz CT molecular complexity index is 581. The molecule has 126 valence electrons. The Kier molecular flexibility index (Phi) is 5.46. The maximum Gasteiger partial charge on any atom is 0.416 e. The molecule has 2 atom stereocenters. The number of benzene rings is 1. The lowest BCUT2D eigenvalue weighted by Crippen LogP contribution is -2.44. The quantitative estimate of drug-likeness (QED) is 0.866. The molecule has 0 aromatic heterocycles. The molecule has 2 unspecified atom stereocenters. The van der Waals surface area contributed by atoms with Gasteiger partial charge in [-0.25, -0.2) is 0 Å². The average Bonchev–Trinajstić information content (AvgIpc) is 2.52. The van der Waals surface area contributed by atoms with Gasteiger partial charge in [0.2, 0.25) is 5.91 Å². The predicted octanol–water partition coefficient (Wildman–Crippen LogP) is 3.30. The second kappa shape index (κ2) is 7.17. The number of alkyl halides is 3. The van der Waals surface area contributed by atoms with E-state index in [1.807, 2.05) is 6.92 Å². The third-order valence-electron chi connectivity index (χ3n) is 4.15. The standard InChI is InChI=1S/C17H21F3N2O/c1-12(21)14-5-3-9-22(11-14)16(23)8-7-13-4-2-6-15(10-13)17(18,19)20/h2,4,6-8,10,12,14H,3,5,9,11,21H2,1H3/b8-7+. The number of amides is 1. The van der Waals surface area contributed by atoms with Crippen molar-refractivity contribution in [2.75, 3.05) is 13.1 Å². The van der Waals surface area contributed by atoms with Crippen molar-refractivity contribution in [1.29, 1.82) is 0 Å². The van der Waals surface area contributed by atoms with Crippen LogP contribution < -0.4 is 5.73 Å². The Hall–Kier alpha value is -1.82. The maximum atomic E-state index is 12.7. The van der Waals surface area contributed by atoms with E-state index in [1.165, 1.54) is 18.2 Å². The maximum absolute atomic E-state index is 12.7. The number of hydrogen-bond acceptors (Lipinski definition) is 2. The van der Waals surface area contributed by atoms with Crippen molar-refractivity contribution < 1.29 is 18.0 Å². The lowest BCUT2D eigenvalue weighted by atomic mass is 9.92. The summed E-state index contributed by atoms with van der Waals surface area (Å²) in [6, 6.07) is 4.94. The molecule has 1 amide bonds. The van der Waals surface area contributed by atoms with Crippen LogP contribution >= 0.6 is 0 Å². The number of nitrogens with zero attached hydrogens (tertiary/aromatic N) is 1. The molecule has 0 spiro atoms. The van der Waals surface area contributed by atoms with E-state index in [2.05, 4.69) is 0 Å². The summed E-state index contributed by atoms with van der Waals surface area (Å²) < 4.78 is 38.0. The highest BCUT2D eigenvalue weighted by atomic mass is 19.4. The molecule has 0 radical (unpaired) electrons. The van der Waals surface area contributed by atoms with E-state index in [9.17, 15) is 18.0 Å². The van der Waals surface area contributed by atoms with Gasteiger partial charge in [0.05, 0.1) is 5.56 Å². The highest BCUT2D eigenvalue weighted by Crippen LogP contribution is 2.29. The smallest absolute Gasteiger partial charge is 0.339 e. The van der Waals surface area contributed by atoms with Crippen LogP contribution in [0.2, 0.25) is 0 Å². The van der Waals surface area contributed by atoms with E-state index in [-0.39, 0.29) is 17.9 Å². The van der Waals surface area contributed by atoms with E-state index in [4.69, 9.17) is 5.73 Å². The molecule has 1 aliphatic rings. The van der Waals surface area contributed by atoms with Crippen LogP contribution in [0, 0.1) is 5.92 Å². The van der Waals surface area contributed by atoms with Gasteiger partial charge in [0, 0.05) is 25.2 Å². The summed E-state index contributed by atoms with van der Waals surface area (Å²) in [7, 11) is 0. The number of likely N-dealkylation sites (tertiary alicyclic amines) is 1. The summed E-state index contributed by atoms with van der Waals surface area (Å²) >= 11 is 0. The largest absolute Gasteiger partial charge is 0.416 e. The molecule has 2 rings (SSSR count). The van der Waals surface area contributed by atoms with Crippen molar-refractivity contribution in [3.8, 4) is 0 Å². The monoisotopic (exact) mass is 326 g/mol. The van der Waals surface area contributed by atoms with Gasteiger partial charge in [0.25, 0.3) is 0 Å². The molecule has 3 nitrogen and oxygen atoms in total. The molecule has 1 aromatic rings. The summed E-state index contributed by atoms with van der Waals surface area (Å²) in [6.07, 6.45) is 0.269. The van der Waals surface area contributed by atoms with E-state index in [0.717, 1.165) is 25.0 Å². The Morgan fingerprint density at radius 1 is 1.43 bits per heavy atom. The van der Waals surface area contributed by atoms with Gasteiger partial charge in [0.15, 0.2) is 0 Å². The van der Waals surface area contributed by atoms with Gasteiger partial charge in [-0.15, -0.1) is 0 Å². The fourth-order valence-electron chi connectivity index (χ4n) is 2.73. The molecular weight excluding hydrogens is 305 g/mol. The Labute approximate surface area is 134 Å². The number of piperidine rings is 1. The van der Waals surface area contributed by atoms with Gasteiger partial charge in [0.1, 0.15) is 0 Å². The van der Waals surface area contributed by atoms with Crippen LogP contribution in [-0.4, -0.2) is 29.9 Å². The number of carbonyl (C=O) groups is 1. The fourth-order valence-corrected chi connectivity index (χ4v) is 2.73. The first kappa shape index (κ1) is 17.5. The predicted molar refractivity (Wildman–Crippen MR) is 83.4 cm³/mol. The van der Waals surface area contributed by atoms with Gasteiger partial charge in [-0.2, -0.15) is 13.2 Å². The van der Waals surface area contributed by atoms with Gasteiger partial charge in [-0.3, -0.25) is 4.79 Å². The first-order valence-corrected chi connectivity index (χ1v) is 7.67. The van der Waals surface area contributed by atoms with Crippen molar-refractivity contribution in [2.24, 2.45) is 11.7 Å². The highest BCUT2D eigenvalue weighted by molar-refractivity contribution is 5.91. The van der Waals surface area contributed by atoms with Crippen molar-refractivity contribution >= 4 is 12.0 Å². The molecule has 0 bridgehead atoms. The number of carbonyl (C=O) groups excluding carboxylic acids is 1. The molecule has 6 heteroatoms. The van der Waals surface area contributed by atoms with Crippen molar-refractivity contribution in [2.45, 2.75) is 32.0 Å². The van der Waals surface area contributed by atoms with Gasteiger partial charge in [-0.1, -0.05) is 12.1 Å². The summed E-state index contributed by atoms with van der Waals surface area (Å²) in [5.74, 6) is 0.0856. The molecule has 1 fully saturated rings. The van der Waals surface area contributed by atoms with Gasteiger partial charge < -0.3 is 10.6 Å². The minimum Gasteiger partial charge on any atom is -0.339 e. The zero-order valence-corrected chi connectivity index (χ0v) is 13.0. The second-order valence-electron chi connectivity index (χ2n) is 6.00. The second-order valence-corrected chi connectivity index (χ2v) is 6.00. The van der Waals surface area contributed by atoms with Crippen LogP contribution in [0.25, 0.3) is 6.08 Å². The van der Waals surface area contributed by atoms with E-state index in [1.54, 1.807) is 11.0 Å². The molecule has 0 saturated carbocycles. The van der Waals surface area contributed by atoms with Crippen LogP contribution in [0.1, 0.15) is 30.9 Å². The summed E-state index contributed by atoms with van der Waals surface area (Å²) in [5, 5.41) is 0. The molecule has 2 N–H and O–H groups in total. The molecule has 1 aromatic carbocycles. The zero-order chi connectivity index (χ0) is 17.0. The van der Waals surface area contributed by atoms with Crippen LogP contribution in [0.3, 0.4) is 0 Å². The summed E-state index contributed by atoms with van der Waals surface area (Å²) in [5.41, 5.74) is 5.52. The first-order valence-electron chi connectivity index (χ1n) is 7.67. The minimum atomic E-state index is -4.38. The number of hydrogen-bond donors (Lipinski definition) is 1. The number of halogens is 3. The number of rotatable bonds is 3. The third kappa shape index (κ3) is 4.82. The minimum absolute atomic E-state index is 0.0260. The molecular formula is C17H21F3N2O. The lowest BCUT2D eigenvalue weighted by molar-refractivity contribution is -0.137. The van der Waals surface area contributed by atoms with Crippen molar-refractivity contribution in [3.63, 3.8) is 0 Å². The summed E-state index contributed by atoms with van der Waals surface area (Å²) in [4.78, 5) is 13.9. The Morgan fingerprint density at radius 3 is 2.83 bits per heavy atom. The first-order chi connectivity index (χ1) is 10.8. The molecule has 1 heterocycles. The van der Waals surface area contributed by atoms with Crippen LogP contribution in [0.15, 0.2) is 30.3 Å². The molecule has 1 saturated heterocycles. The average molecular weight is 326 g/mol. The van der Waals surface area contributed by atoms with Crippen molar-refractivity contribution in [3.05, 3.63) is 41.5 Å². The Morgan fingerprint density at radius 2 is 2.17 bits per heavy atom. The van der Waals surface area contributed by atoms with Gasteiger partial charge in [-0.05, 0) is 49.5 Å². The van der Waals surface area contributed by atoms with E-state index in [0.29, 0.717) is 18.7 Å². The third-order valence-corrected chi connectivity index (χ3v) is 4.15. The highest BCUT2D eigenvalue weighted by Gasteiger charge is 2.30. The van der Waals surface area contributed by atoms with Crippen LogP contribution in [0.4, 0.5) is 13.2 Å². The van der Waals surface area contributed by atoms with E-state index < -0.39 is 11.7 Å². The number of nitrogens with two attached hydrogens (primary N) is 1. The normalized spacial score (nSPS) is 20.7. The fraction of sp³-hybridized carbons (Fsp3) is 0.471. The molecule has 0 aliphatic carbocycles. The molecule has 23 heavy (non-hydrogen) atoms. The molecule has 1 aliphatic heterocycles.